The first kappa shape index (κ1) is 27.1. The average Bonchev–Trinajstić information content (AvgIpc) is 3.34. The van der Waals surface area contributed by atoms with Crippen LogP contribution in [0.1, 0.15) is 11.1 Å². The maximum Gasteiger partial charge on any atom is 0.243 e. The smallest absolute Gasteiger partial charge is 0.243 e. The van der Waals surface area contributed by atoms with Gasteiger partial charge in [-0.05, 0) is 35.9 Å². The van der Waals surface area contributed by atoms with Crippen molar-refractivity contribution < 1.29 is 27.1 Å². The first-order valence-corrected chi connectivity index (χ1v) is 13.2. The summed E-state index contributed by atoms with van der Waals surface area (Å²) >= 11 is 6.15. The number of halogens is 2. The van der Waals surface area contributed by atoms with E-state index in [4.69, 9.17) is 21.1 Å². The molecule has 0 unspecified atom stereocenters. The lowest BCUT2D eigenvalue weighted by molar-refractivity contribution is -0.115. The van der Waals surface area contributed by atoms with Crippen LogP contribution < -0.4 is 19.5 Å². The van der Waals surface area contributed by atoms with E-state index in [1.807, 2.05) is 0 Å². The number of amides is 1. The fourth-order valence-electron chi connectivity index (χ4n) is 3.70. The Balaban J connectivity index is 1.63. The number of anilines is 1. The number of sulfonamides is 1. The molecule has 4 aromatic rings. The molecule has 1 amide bonds. The van der Waals surface area contributed by atoms with Gasteiger partial charge >= 0.3 is 0 Å². The molecule has 0 spiro atoms. The Morgan fingerprint density at radius 1 is 1.03 bits per heavy atom. The molecule has 1 aromatic heterocycles. The van der Waals surface area contributed by atoms with Crippen LogP contribution in [0.4, 0.5) is 10.1 Å². The predicted molar refractivity (Wildman–Crippen MR) is 141 cm³/mol. The number of hydrogen-bond acceptors (Lipinski definition) is 6. The molecule has 0 atom stereocenters. The van der Waals surface area contributed by atoms with Crippen molar-refractivity contribution in [3.8, 4) is 17.2 Å². The molecule has 198 valence electrons. The zero-order valence-corrected chi connectivity index (χ0v) is 22.0. The number of rotatable bonds is 10. The van der Waals surface area contributed by atoms with E-state index in [0.717, 1.165) is 10.7 Å². The Kier molecular flexibility index (Phi) is 8.30. The van der Waals surface area contributed by atoms with Gasteiger partial charge in [0.1, 0.15) is 16.4 Å². The number of carbonyl (C=O) groups is 1. The van der Waals surface area contributed by atoms with Gasteiger partial charge in [-0.3, -0.25) is 4.79 Å². The number of methoxy groups -OCH3 is 2. The first-order chi connectivity index (χ1) is 18.2. The van der Waals surface area contributed by atoms with Crippen LogP contribution in [0.3, 0.4) is 0 Å². The van der Waals surface area contributed by atoms with Gasteiger partial charge in [0, 0.05) is 41.1 Å². The van der Waals surface area contributed by atoms with Crippen molar-refractivity contribution in [3.63, 3.8) is 0 Å². The SMILES string of the molecule is COc1ccc(CNS(=O)(=O)c2cc(NC(=O)Cc3ccccc3Cl)ccc2-n2ccc(F)n2)c(OC)c1. The van der Waals surface area contributed by atoms with E-state index in [-0.39, 0.29) is 29.2 Å². The van der Waals surface area contributed by atoms with Crippen LogP contribution in [-0.4, -0.2) is 38.3 Å². The molecule has 0 radical (unpaired) electrons. The van der Waals surface area contributed by atoms with E-state index in [9.17, 15) is 17.6 Å². The normalized spacial score (nSPS) is 11.3. The number of aromatic nitrogens is 2. The van der Waals surface area contributed by atoms with Crippen molar-refractivity contribution in [1.29, 1.82) is 0 Å². The van der Waals surface area contributed by atoms with Crippen LogP contribution >= 0.6 is 11.6 Å². The maximum absolute atomic E-state index is 13.7. The molecule has 0 saturated heterocycles. The van der Waals surface area contributed by atoms with Crippen LogP contribution in [0, 0.1) is 5.95 Å². The number of benzene rings is 3. The molecule has 38 heavy (non-hydrogen) atoms. The van der Waals surface area contributed by atoms with Crippen molar-refractivity contribution in [2.24, 2.45) is 0 Å². The summed E-state index contributed by atoms with van der Waals surface area (Å²) in [6.07, 6.45) is 1.29. The number of ether oxygens (including phenoxy) is 2. The molecule has 0 bridgehead atoms. The molecule has 12 heteroatoms. The molecule has 0 aliphatic rings. The summed E-state index contributed by atoms with van der Waals surface area (Å²) in [5, 5.41) is 6.83. The summed E-state index contributed by atoms with van der Waals surface area (Å²) in [7, 11) is -1.21. The molecular weight excluding hydrogens is 535 g/mol. The molecule has 0 fully saturated rings. The van der Waals surface area contributed by atoms with Crippen LogP contribution in [0.15, 0.2) is 77.8 Å². The number of nitrogens with zero attached hydrogens (tertiary/aromatic N) is 2. The third kappa shape index (κ3) is 6.31. The standard InChI is InChI=1S/C26H24ClFN4O5S/c1-36-20-9-7-18(23(15-20)37-2)16-29-38(34,35)24-14-19(8-10-22(24)32-12-11-25(28)31-32)30-26(33)13-17-5-3-4-6-21(17)27/h3-12,14-15,29H,13,16H2,1-2H3,(H,30,33). The van der Waals surface area contributed by atoms with Crippen LogP contribution in [0.2, 0.25) is 5.02 Å². The van der Waals surface area contributed by atoms with Gasteiger partial charge in [0.15, 0.2) is 0 Å². The zero-order chi connectivity index (χ0) is 27.3. The van der Waals surface area contributed by atoms with Crippen molar-refractivity contribution in [1.82, 2.24) is 14.5 Å². The van der Waals surface area contributed by atoms with E-state index in [1.54, 1.807) is 42.5 Å². The minimum Gasteiger partial charge on any atom is -0.497 e. The minimum absolute atomic E-state index is 0.0105. The lowest BCUT2D eigenvalue weighted by Crippen LogP contribution is -2.25. The second-order valence-electron chi connectivity index (χ2n) is 8.08. The monoisotopic (exact) mass is 558 g/mol. The molecule has 0 aliphatic carbocycles. The van der Waals surface area contributed by atoms with Crippen molar-refractivity contribution in [3.05, 3.63) is 95.0 Å². The Morgan fingerprint density at radius 2 is 1.82 bits per heavy atom. The van der Waals surface area contributed by atoms with Gasteiger partial charge in [0.25, 0.3) is 0 Å². The van der Waals surface area contributed by atoms with Crippen molar-refractivity contribution >= 4 is 33.2 Å². The largest absolute Gasteiger partial charge is 0.497 e. The molecular formula is C26H24ClFN4O5S. The van der Waals surface area contributed by atoms with Gasteiger partial charge in [-0.25, -0.2) is 17.8 Å². The van der Waals surface area contributed by atoms with Crippen LogP contribution in [0.25, 0.3) is 5.69 Å². The lowest BCUT2D eigenvalue weighted by Gasteiger charge is -2.15. The van der Waals surface area contributed by atoms with Crippen molar-refractivity contribution in [2.75, 3.05) is 19.5 Å². The predicted octanol–water partition coefficient (Wildman–Crippen LogP) is 4.34. The van der Waals surface area contributed by atoms with Gasteiger partial charge in [0.2, 0.25) is 21.9 Å². The summed E-state index contributed by atoms with van der Waals surface area (Å²) in [5.74, 6) is -0.185. The fraction of sp³-hybridized carbons (Fsp3) is 0.154. The molecule has 1 heterocycles. The molecule has 4 rings (SSSR count). The summed E-state index contributed by atoms with van der Waals surface area (Å²) in [4.78, 5) is 12.4. The van der Waals surface area contributed by atoms with Gasteiger partial charge in [-0.2, -0.15) is 4.39 Å². The van der Waals surface area contributed by atoms with E-state index >= 15 is 0 Å². The van der Waals surface area contributed by atoms with E-state index < -0.39 is 21.9 Å². The molecule has 3 aromatic carbocycles. The third-order valence-electron chi connectivity index (χ3n) is 5.59. The van der Waals surface area contributed by atoms with Crippen molar-refractivity contribution in [2.45, 2.75) is 17.9 Å². The Hall–Kier alpha value is -3.93. The second kappa shape index (κ2) is 11.6. The van der Waals surface area contributed by atoms with Gasteiger partial charge < -0.3 is 14.8 Å². The Labute approximate surface area is 224 Å². The first-order valence-electron chi connectivity index (χ1n) is 11.3. The number of hydrogen-bond donors (Lipinski definition) is 2. The lowest BCUT2D eigenvalue weighted by atomic mass is 10.1. The molecule has 2 N–H and O–H groups in total. The second-order valence-corrected chi connectivity index (χ2v) is 10.2. The average molecular weight is 559 g/mol. The summed E-state index contributed by atoms with van der Waals surface area (Å²) in [6.45, 7) is -0.106. The fourth-order valence-corrected chi connectivity index (χ4v) is 5.12. The summed E-state index contributed by atoms with van der Waals surface area (Å²) in [6, 6.07) is 17.2. The number of carbonyl (C=O) groups excluding carboxylic acids is 1. The highest BCUT2D eigenvalue weighted by atomic mass is 35.5. The van der Waals surface area contributed by atoms with Gasteiger partial charge in [-0.15, -0.1) is 5.10 Å². The van der Waals surface area contributed by atoms with Gasteiger partial charge in [0.05, 0.1) is 26.3 Å². The maximum atomic E-state index is 13.7. The van der Waals surface area contributed by atoms with Crippen LogP contribution in [0.5, 0.6) is 11.5 Å². The quantitative estimate of drug-likeness (QED) is 0.299. The number of nitrogens with one attached hydrogen (secondary N) is 2. The Bertz CT molecular complexity index is 1580. The van der Waals surface area contributed by atoms with Crippen LogP contribution in [-0.2, 0) is 27.8 Å². The summed E-state index contributed by atoms with van der Waals surface area (Å²) < 4.78 is 54.7. The summed E-state index contributed by atoms with van der Waals surface area (Å²) in [5.41, 5.74) is 1.50. The van der Waals surface area contributed by atoms with E-state index in [0.29, 0.717) is 27.6 Å². The highest BCUT2D eigenvalue weighted by molar-refractivity contribution is 7.89. The highest BCUT2D eigenvalue weighted by Crippen LogP contribution is 2.27. The molecule has 0 aliphatic heterocycles. The van der Waals surface area contributed by atoms with Gasteiger partial charge in [-0.1, -0.05) is 35.9 Å². The highest BCUT2D eigenvalue weighted by Gasteiger charge is 2.22. The molecule has 9 nitrogen and oxygen atoms in total. The zero-order valence-electron chi connectivity index (χ0n) is 20.4. The Morgan fingerprint density at radius 3 is 2.50 bits per heavy atom. The topological polar surface area (TPSA) is 112 Å². The third-order valence-corrected chi connectivity index (χ3v) is 7.39. The molecule has 0 saturated carbocycles. The van der Waals surface area contributed by atoms with E-state index in [2.05, 4.69) is 15.1 Å². The van der Waals surface area contributed by atoms with E-state index in [1.165, 1.54) is 38.6 Å². The minimum atomic E-state index is -4.19.